The molecule has 0 radical (unpaired) electrons. The minimum absolute atomic E-state index is 0.0596. The van der Waals surface area contributed by atoms with Crippen molar-refractivity contribution in [3.63, 3.8) is 0 Å². The van der Waals surface area contributed by atoms with Crippen LogP contribution in [0.2, 0.25) is 0 Å². The van der Waals surface area contributed by atoms with Crippen LogP contribution in [0, 0.1) is 23.0 Å². The van der Waals surface area contributed by atoms with Crippen molar-refractivity contribution in [2.24, 2.45) is 0 Å². The predicted molar refractivity (Wildman–Crippen MR) is 88.1 cm³/mol. The highest BCUT2D eigenvalue weighted by Crippen LogP contribution is 2.35. The molecule has 0 spiro atoms. The van der Waals surface area contributed by atoms with Gasteiger partial charge in [-0.2, -0.15) is 5.26 Å². The van der Waals surface area contributed by atoms with Crippen LogP contribution in [0.15, 0.2) is 28.9 Å². The van der Waals surface area contributed by atoms with Gasteiger partial charge in [0.05, 0.1) is 5.56 Å². The summed E-state index contributed by atoms with van der Waals surface area (Å²) in [7, 11) is 0. The Kier molecular flexibility index (Phi) is 4.58. The summed E-state index contributed by atoms with van der Waals surface area (Å²) in [6, 6.07) is 5.85. The number of aromatic nitrogens is 1. The molecular formula is C17H14BrF2N3. The van der Waals surface area contributed by atoms with Crippen LogP contribution in [0.25, 0.3) is 11.1 Å². The monoisotopic (exact) mass is 377 g/mol. The van der Waals surface area contributed by atoms with Gasteiger partial charge in [-0.05, 0) is 52.9 Å². The third-order valence-electron chi connectivity index (χ3n) is 3.99. The molecule has 2 aromatic rings. The highest BCUT2D eigenvalue weighted by Gasteiger charge is 2.22. The molecule has 2 heterocycles. The maximum absolute atomic E-state index is 15.0. The highest BCUT2D eigenvalue weighted by molar-refractivity contribution is 9.10. The van der Waals surface area contributed by atoms with Gasteiger partial charge in [0.1, 0.15) is 11.9 Å². The Balaban J connectivity index is 2.08. The number of piperidine rings is 1. The van der Waals surface area contributed by atoms with Gasteiger partial charge in [0.2, 0.25) is 0 Å². The fraction of sp³-hybridized carbons (Fsp3) is 0.294. The molecule has 1 saturated heterocycles. The topological polar surface area (TPSA) is 39.9 Å². The zero-order valence-electron chi connectivity index (χ0n) is 12.3. The minimum Gasteiger partial charge on any atom is -0.354 e. The number of hydrogen-bond donors (Lipinski definition) is 0. The van der Waals surface area contributed by atoms with Crippen LogP contribution in [0.4, 0.5) is 14.6 Å². The van der Waals surface area contributed by atoms with E-state index in [1.165, 1.54) is 12.1 Å². The largest absolute Gasteiger partial charge is 0.354 e. The van der Waals surface area contributed by atoms with E-state index >= 15 is 0 Å². The summed E-state index contributed by atoms with van der Waals surface area (Å²) in [5.41, 5.74) is 0.589. The van der Waals surface area contributed by atoms with Gasteiger partial charge in [-0.15, -0.1) is 0 Å². The van der Waals surface area contributed by atoms with Gasteiger partial charge in [0.15, 0.2) is 11.6 Å². The number of hydrogen-bond acceptors (Lipinski definition) is 3. The van der Waals surface area contributed by atoms with Gasteiger partial charge in [-0.25, -0.2) is 13.8 Å². The van der Waals surface area contributed by atoms with Gasteiger partial charge in [-0.3, -0.25) is 0 Å². The van der Waals surface area contributed by atoms with Crippen LogP contribution in [0.1, 0.15) is 24.8 Å². The van der Waals surface area contributed by atoms with Crippen LogP contribution in [0.3, 0.4) is 0 Å². The Bertz CT molecular complexity index is 780. The molecule has 3 rings (SSSR count). The van der Waals surface area contributed by atoms with Crippen LogP contribution in [0.5, 0.6) is 0 Å². The quantitative estimate of drug-likeness (QED) is 0.764. The van der Waals surface area contributed by atoms with Crippen molar-refractivity contribution in [3.8, 4) is 17.2 Å². The van der Waals surface area contributed by atoms with E-state index in [-0.39, 0.29) is 11.1 Å². The standard InChI is InChI=1S/C17H14BrF2N3/c18-13-10-22-17(23-6-2-1-3-7-23)16(20)15(13)11-4-5-12(9-21)14(19)8-11/h4-5,8,10H,1-3,6-7H2. The molecule has 0 atom stereocenters. The van der Waals surface area contributed by atoms with E-state index in [1.807, 2.05) is 4.90 Å². The van der Waals surface area contributed by atoms with Gasteiger partial charge in [0, 0.05) is 29.3 Å². The van der Waals surface area contributed by atoms with Crippen molar-refractivity contribution >= 4 is 21.7 Å². The summed E-state index contributed by atoms with van der Waals surface area (Å²) in [4.78, 5) is 6.13. The van der Waals surface area contributed by atoms with E-state index in [0.29, 0.717) is 15.9 Å². The molecule has 1 fully saturated rings. The molecule has 3 nitrogen and oxygen atoms in total. The number of nitrogens with zero attached hydrogens (tertiary/aromatic N) is 3. The lowest BCUT2D eigenvalue weighted by Crippen LogP contribution is -2.31. The Morgan fingerprint density at radius 1 is 1.17 bits per heavy atom. The first kappa shape index (κ1) is 15.9. The highest BCUT2D eigenvalue weighted by atomic mass is 79.9. The van der Waals surface area contributed by atoms with E-state index in [4.69, 9.17) is 5.26 Å². The fourth-order valence-corrected chi connectivity index (χ4v) is 3.31. The van der Waals surface area contributed by atoms with Crippen LogP contribution in [-0.4, -0.2) is 18.1 Å². The predicted octanol–water partition coefficient (Wildman–Crippen LogP) is 4.65. The smallest absolute Gasteiger partial charge is 0.174 e. The summed E-state index contributed by atoms with van der Waals surface area (Å²) in [6.45, 7) is 1.54. The average Bonchev–Trinajstić information content (AvgIpc) is 2.56. The summed E-state index contributed by atoms with van der Waals surface area (Å²) >= 11 is 3.29. The Hall–Kier alpha value is -2.00. The molecule has 0 unspecified atom stereocenters. The van der Waals surface area contributed by atoms with Crippen molar-refractivity contribution in [2.45, 2.75) is 19.3 Å². The molecule has 6 heteroatoms. The van der Waals surface area contributed by atoms with Crippen LogP contribution in [-0.2, 0) is 0 Å². The first-order chi connectivity index (χ1) is 11.1. The van der Waals surface area contributed by atoms with Crippen molar-refractivity contribution in [3.05, 3.63) is 46.1 Å². The second-order valence-corrected chi connectivity index (χ2v) is 6.33. The second kappa shape index (κ2) is 6.63. The SMILES string of the molecule is N#Cc1ccc(-c2c(Br)cnc(N3CCCCC3)c2F)cc1F. The minimum atomic E-state index is -0.660. The van der Waals surface area contributed by atoms with Gasteiger partial charge in [0.25, 0.3) is 0 Å². The Labute approximate surface area is 141 Å². The summed E-state index contributed by atoms with van der Waals surface area (Å²) < 4.78 is 29.3. The first-order valence-corrected chi connectivity index (χ1v) is 8.20. The molecular weight excluding hydrogens is 364 g/mol. The normalized spacial score (nSPS) is 14.6. The van der Waals surface area contributed by atoms with Gasteiger partial charge < -0.3 is 4.90 Å². The lowest BCUT2D eigenvalue weighted by Gasteiger charge is -2.28. The number of halogens is 3. The Morgan fingerprint density at radius 2 is 1.91 bits per heavy atom. The number of benzene rings is 1. The molecule has 0 saturated carbocycles. The molecule has 0 aliphatic carbocycles. The third kappa shape index (κ3) is 3.06. The summed E-state index contributed by atoms with van der Waals surface area (Å²) in [5.74, 6) is -0.828. The van der Waals surface area contributed by atoms with E-state index < -0.39 is 11.6 Å². The third-order valence-corrected chi connectivity index (χ3v) is 4.59. The molecule has 0 amide bonds. The van der Waals surface area contributed by atoms with E-state index in [9.17, 15) is 8.78 Å². The molecule has 0 bridgehead atoms. The first-order valence-electron chi connectivity index (χ1n) is 7.41. The summed E-state index contributed by atoms with van der Waals surface area (Å²) in [5, 5.41) is 8.81. The lowest BCUT2D eigenvalue weighted by atomic mass is 10.0. The molecule has 118 valence electrons. The molecule has 1 aliphatic heterocycles. The van der Waals surface area contributed by atoms with Crippen molar-refractivity contribution in [1.82, 2.24) is 4.98 Å². The lowest BCUT2D eigenvalue weighted by molar-refractivity contribution is 0.550. The zero-order chi connectivity index (χ0) is 16.4. The number of pyridine rings is 1. The molecule has 1 aromatic carbocycles. The number of anilines is 1. The van der Waals surface area contributed by atoms with Crippen molar-refractivity contribution < 1.29 is 8.78 Å². The van der Waals surface area contributed by atoms with E-state index in [1.54, 1.807) is 18.3 Å². The number of nitriles is 1. The molecule has 0 N–H and O–H groups in total. The molecule has 23 heavy (non-hydrogen) atoms. The van der Waals surface area contributed by atoms with Gasteiger partial charge >= 0.3 is 0 Å². The van der Waals surface area contributed by atoms with Crippen LogP contribution >= 0.6 is 15.9 Å². The molecule has 1 aliphatic rings. The van der Waals surface area contributed by atoms with E-state index in [2.05, 4.69) is 20.9 Å². The maximum Gasteiger partial charge on any atom is 0.174 e. The fourth-order valence-electron chi connectivity index (χ4n) is 2.81. The van der Waals surface area contributed by atoms with Gasteiger partial charge in [-0.1, -0.05) is 6.07 Å². The number of rotatable bonds is 2. The molecule has 1 aromatic heterocycles. The van der Waals surface area contributed by atoms with Crippen LogP contribution < -0.4 is 4.90 Å². The van der Waals surface area contributed by atoms with Crippen molar-refractivity contribution in [2.75, 3.05) is 18.0 Å². The second-order valence-electron chi connectivity index (χ2n) is 5.47. The van der Waals surface area contributed by atoms with Crippen molar-refractivity contribution in [1.29, 1.82) is 5.26 Å². The Morgan fingerprint density at radius 3 is 2.57 bits per heavy atom. The maximum atomic E-state index is 15.0. The summed E-state index contributed by atoms with van der Waals surface area (Å²) in [6.07, 6.45) is 4.71. The average molecular weight is 378 g/mol. The van der Waals surface area contributed by atoms with E-state index in [0.717, 1.165) is 32.4 Å². The zero-order valence-corrected chi connectivity index (χ0v) is 13.9.